The van der Waals surface area contributed by atoms with E-state index in [1.807, 2.05) is 6.08 Å². The molecule has 0 aromatic carbocycles. The predicted molar refractivity (Wildman–Crippen MR) is 272 cm³/mol. The molecule has 9 heteroatoms. The molecule has 5 N–H and O–H groups in total. The number of rotatable bonds is 49. The molecule has 368 valence electrons. The molecule has 63 heavy (non-hydrogen) atoms. The quantitative estimate of drug-likeness (QED) is 0.0272. The number of carbonyl (C=O) groups excluding carboxylic acids is 1. The lowest BCUT2D eigenvalue weighted by Crippen LogP contribution is -2.45. The van der Waals surface area contributed by atoms with E-state index in [1.54, 1.807) is 6.08 Å². The van der Waals surface area contributed by atoms with Gasteiger partial charge in [0.05, 0.1) is 25.4 Å². The van der Waals surface area contributed by atoms with Crippen LogP contribution in [0.1, 0.15) is 245 Å². The van der Waals surface area contributed by atoms with E-state index in [-0.39, 0.29) is 25.7 Å². The van der Waals surface area contributed by atoms with Crippen molar-refractivity contribution < 1.29 is 28.4 Å². The highest BCUT2D eigenvalue weighted by molar-refractivity contribution is 7.47. The lowest BCUT2D eigenvalue weighted by atomic mass is 10.0. The van der Waals surface area contributed by atoms with Crippen molar-refractivity contribution in [2.24, 2.45) is 5.73 Å². The lowest BCUT2D eigenvalue weighted by molar-refractivity contribution is -0.123. The summed E-state index contributed by atoms with van der Waals surface area (Å²) in [6.07, 6.45) is 64.3. The zero-order chi connectivity index (χ0) is 46.0. The Labute approximate surface area is 389 Å². The van der Waals surface area contributed by atoms with E-state index in [1.165, 1.54) is 161 Å². The van der Waals surface area contributed by atoms with Gasteiger partial charge < -0.3 is 21.1 Å². The van der Waals surface area contributed by atoms with Crippen LogP contribution in [0, 0.1) is 0 Å². The van der Waals surface area contributed by atoms with Crippen molar-refractivity contribution >= 4 is 13.7 Å². The first-order chi connectivity index (χ1) is 30.9. The topological polar surface area (TPSA) is 131 Å². The molecular weight excluding hydrogens is 804 g/mol. The molecule has 3 atom stereocenters. The van der Waals surface area contributed by atoms with Crippen LogP contribution in [-0.4, -0.2) is 47.8 Å². The Bertz CT molecular complexity index is 1170. The predicted octanol–water partition coefficient (Wildman–Crippen LogP) is 15.8. The molecule has 1 amide bonds. The normalized spacial score (nSPS) is 14.3. The molecule has 0 bridgehead atoms. The number of aliphatic hydroxyl groups is 1. The van der Waals surface area contributed by atoms with Gasteiger partial charge in [0.2, 0.25) is 5.91 Å². The van der Waals surface area contributed by atoms with Crippen molar-refractivity contribution in [3.05, 3.63) is 60.8 Å². The van der Waals surface area contributed by atoms with E-state index >= 15 is 0 Å². The molecule has 0 aromatic rings. The fourth-order valence-corrected chi connectivity index (χ4v) is 8.41. The number of phosphoric acid groups is 1. The average Bonchev–Trinajstić information content (AvgIpc) is 3.27. The highest BCUT2D eigenvalue weighted by Gasteiger charge is 2.26. The molecule has 3 unspecified atom stereocenters. The maximum absolute atomic E-state index is 12.8. The van der Waals surface area contributed by atoms with E-state index < -0.39 is 20.0 Å². The van der Waals surface area contributed by atoms with Crippen LogP contribution in [0.5, 0.6) is 0 Å². The summed E-state index contributed by atoms with van der Waals surface area (Å²) in [6, 6.07) is -0.866. The molecule has 0 saturated heterocycles. The van der Waals surface area contributed by atoms with E-state index in [0.29, 0.717) is 6.42 Å². The van der Waals surface area contributed by atoms with Gasteiger partial charge in [0.15, 0.2) is 0 Å². The summed E-state index contributed by atoms with van der Waals surface area (Å²) in [4.78, 5) is 22.8. The minimum atomic E-state index is -4.35. The molecule has 0 heterocycles. The SMILES string of the molecule is CC/C=C\C/C=C\C/C=C\C/C=C\CCCCCCCCCCCCC(=O)NC(COP(=O)(O)OCCN)C(O)/C=C/CCCCCCCCCCCCCCCCCCCCC. The summed E-state index contributed by atoms with van der Waals surface area (Å²) >= 11 is 0. The second kappa shape index (κ2) is 49.6. The maximum atomic E-state index is 12.8. The van der Waals surface area contributed by atoms with Crippen LogP contribution in [-0.2, 0) is 18.4 Å². The van der Waals surface area contributed by atoms with Crippen molar-refractivity contribution in [3.63, 3.8) is 0 Å². The van der Waals surface area contributed by atoms with Gasteiger partial charge in [-0.15, -0.1) is 0 Å². The van der Waals surface area contributed by atoms with Gasteiger partial charge >= 0.3 is 7.82 Å². The zero-order valence-electron chi connectivity index (χ0n) is 41.1. The number of nitrogens with one attached hydrogen (secondary N) is 1. The van der Waals surface area contributed by atoms with E-state index in [4.69, 9.17) is 14.8 Å². The summed E-state index contributed by atoms with van der Waals surface area (Å²) in [7, 11) is -4.35. The summed E-state index contributed by atoms with van der Waals surface area (Å²) in [6.45, 7) is 4.04. The van der Waals surface area contributed by atoms with Crippen LogP contribution in [0.2, 0.25) is 0 Å². The molecule has 0 aliphatic carbocycles. The van der Waals surface area contributed by atoms with E-state index in [9.17, 15) is 19.4 Å². The Hall–Kier alpha value is -1.80. The summed E-state index contributed by atoms with van der Waals surface area (Å²) in [5.74, 6) is -0.198. The van der Waals surface area contributed by atoms with Crippen molar-refractivity contribution in [3.8, 4) is 0 Å². The Balaban J connectivity index is 4.09. The number of nitrogens with two attached hydrogens (primary N) is 1. The highest BCUT2D eigenvalue weighted by Crippen LogP contribution is 2.43. The van der Waals surface area contributed by atoms with Crippen molar-refractivity contribution in [1.29, 1.82) is 0 Å². The third kappa shape index (κ3) is 48.0. The number of phosphoric ester groups is 1. The number of hydrogen-bond acceptors (Lipinski definition) is 6. The first-order valence-corrected chi connectivity index (χ1v) is 27.9. The lowest BCUT2D eigenvalue weighted by Gasteiger charge is -2.23. The fourth-order valence-electron chi connectivity index (χ4n) is 7.65. The average molecular weight is 905 g/mol. The smallest absolute Gasteiger partial charge is 0.387 e. The Morgan fingerprint density at radius 1 is 0.540 bits per heavy atom. The van der Waals surface area contributed by atoms with Crippen molar-refractivity contribution in [1.82, 2.24) is 5.32 Å². The number of carbonyl (C=O) groups is 1. The van der Waals surface area contributed by atoms with Crippen LogP contribution < -0.4 is 11.1 Å². The number of amides is 1. The summed E-state index contributed by atoms with van der Waals surface area (Å²) < 4.78 is 22.2. The zero-order valence-corrected chi connectivity index (χ0v) is 42.0. The van der Waals surface area contributed by atoms with Gasteiger partial charge in [-0.3, -0.25) is 13.8 Å². The third-order valence-corrected chi connectivity index (χ3v) is 12.6. The third-order valence-electron chi connectivity index (χ3n) is 11.6. The second-order valence-electron chi connectivity index (χ2n) is 17.7. The molecule has 0 aliphatic rings. The van der Waals surface area contributed by atoms with Crippen LogP contribution >= 0.6 is 7.82 Å². The molecule has 0 spiro atoms. The van der Waals surface area contributed by atoms with Gasteiger partial charge in [-0.25, -0.2) is 4.57 Å². The minimum Gasteiger partial charge on any atom is -0.387 e. The van der Waals surface area contributed by atoms with Crippen LogP contribution in [0.4, 0.5) is 0 Å². The van der Waals surface area contributed by atoms with Gasteiger partial charge in [0.1, 0.15) is 0 Å². The molecule has 0 rings (SSSR count). The molecular formula is C54H101N2O6P. The van der Waals surface area contributed by atoms with Crippen LogP contribution in [0.25, 0.3) is 0 Å². The number of hydrogen-bond donors (Lipinski definition) is 4. The largest absolute Gasteiger partial charge is 0.472 e. The molecule has 0 aromatic heterocycles. The Morgan fingerprint density at radius 3 is 1.35 bits per heavy atom. The van der Waals surface area contributed by atoms with Gasteiger partial charge in [-0.05, 0) is 57.8 Å². The van der Waals surface area contributed by atoms with Crippen molar-refractivity contribution in [2.75, 3.05) is 19.8 Å². The second-order valence-corrected chi connectivity index (χ2v) is 19.2. The summed E-state index contributed by atoms with van der Waals surface area (Å²) in [5.41, 5.74) is 5.40. The van der Waals surface area contributed by atoms with E-state index in [0.717, 1.165) is 64.2 Å². The molecule has 0 fully saturated rings. The molecule has 0 saturated carbocycles. The first kappa shape index (κ1) is 61.2. The number of allylic oxidation sites excluding steroid dienone is 9. The number of unbranched alkanes of at least 4 members (excludes halogenated alkanes) is 29. The summed E-state index contributed by atoms with van der Waals surface area (Å²) in [5, 5.41) is 13.8. The standard InChI is InChI=1S/C54H101N2O6P/c1-3-5-7-9-11-13-15-17-19-21-23-25-26-28-30-32-34-36-38-40-42-44-46-48-54(58)56-52(51-62-63(59,60)61-50-49-55)53(57)47-45-43-41-39-37-35-33-31-29-27-24-22-20-18-16-14-12-10-8-6-4-2/h5,7,11,13,17,19,23,25,45,47,52-53,57H,3-4,6,8-10,12,14-16,18,20-22,24,26-44,46,48-51,55H2,1-2H3,(H,56,58)(H,59,60)/b7-5-,13-11-,19-17-,25-23-,47-45+. The monoisotopic (exact) mass is 905 g/mol. The minimum absolute atomic E-state index is 0.0761. The van der Waals surface area contributed by atoms with Gasteiger partial charge in [0, 0.05) is 13.0 Å². The molecule has 0 radical (unpaired) electrons. The first-order valence-electron chi connectivity index (χ1n) is 26.4. The van der Waals surface area contributed by atoms with E-state index in [2.05, 4.69) is 67.8 Å². The van der Waals surface area contributed by atoms with Crippen molar-refractivity contribution in [2.45, 2.75) is 257 Å². The number of aliphatic hydroxyl groups excluding tert-OH is 1. The van der Waals surface area contributed by atoms with Gasteiger partial charge in [0.25, 0.3) is 0 Å². The van der Waals surface area contributed by atoms with Crippen LogP contribution in [0.3, 0.4) is 0 Å². The van der Waals surface area contributed by atoms with Gasteiger partial charge in [-0.2, -0.15) is 0 Å². The molecule has 0 aliphatic heterocycles. The van der Waals surface area contributed by atoms with Gasteiger partial charge in [-0.1, -0.05) is 242 Å². The fraction of sp³-hybridized carbons (Fsp3) is 0.796. The Morgan fingerprint density at radius 2 is 0.921 bits per heavy atom. The highest BCUT2D eigenvalue weighted by atomic mass is 31.2. The molecule has 8 nitrogen and oxygen atoms in total. The van der Waals surface area contributed by atoms with Crippen LogP contribution in [0.15, 0.2) is 60.8 Å². The maximum Gasteiger partial charge on any atom is 0.472 e. The Kier molecular flexibility index (Phi) is 48.2.